The van der Waals surface area contributed by atoms with Gasteiger partial charge in [0.1, 0.15) is 0 Å². The number of aromatic carboxylic acids is 1. The van der Waals surface area contributed by atoms with Crippen molar-refractivity contribution in [1.29, 1.82) is 0 Å². The van der Waals surface area contributed by atoms with E-state index in [2.05, 4.69) is 4.98 Å². The maximum absolute atomic E-state index is 10.6. The molecular weight excluding hydrogens is 210 g/mol. The van der Waals surface area contributed by atoms with Gasteiger partial charge in [0.25, 0.3) is 0 Å². The molecule has 6 heteroatoms. The number of aromatic nitrogens is 1. The number of nitrogens with two attached hydrogens (primary N) is 2. The van der Waals surface area contributed by atoms with E-state index in [-0.39, 0.29) is 17.8 Å². The zero-order valence-corrected chi connectivity index (χ0v) is 8.38. The number of carbonyl (C=O) groups excluding carboxylic acids is 1. The Balaban J connectivity index is 2.85. The average molecular weight is 221 g/mol. The highest BCUT2D eigenvalue weighted by Crippen LogP contribution is 2.12. The summed E-state index contributed by atoms with van der Waals surface area (Å²) in [5, 5.41) is 8.68. The van der Waals surface area contributed by atoms with E-state index in [1.165, 1.54) is 12.3 Å². The number of rotatable bonds is 4. The number of anilines is 1. The summed E-state index contributed by atoms with van der Waals surface area (Å²) in [6.45, 7) is 0. The molecule has 0 radical (unpaired) electrons. The lowest BCUT2D eigenvalue weighted by atomic mass is 10.2. The van der Waals surface area contributed by atoms with Gasteiger partial charge in [0, 0.05) is 12.6 Å². The summed E-state index contributed by atoms with van der Waals surface area (Å²) >= 11 is 0. The number of nitrogen functional groups attached to an aromatic ring is 1. The highest BCUT2D eigenvalue weighted by molar-refractivity contribution is 5.91. The van der Waals surface area contributed by atoms with Gasteiger partial charge in [-0.15, -0.1) is 0 Å². The Labute approximate surface area is 91.6 Å². The minimum Gasteiger partial charge on any atom is -0.476 e. The van der Waals surface area contributed by atoms with Crippen LogP contribution in [0.3, 0.4) is 0 Å². The fourth-order valence-corrected chi connectivity index (χ4v) is 1.08. The molecule has 1 aromatic rings. The Morgan fingerprint density at radius 1 is 1.50 bits per heavy atom. The van der Waals surface area contributed by atoms with Gasteiger partial charge in [-0.3, -0.25) is 4.79 Å². The van der Waals surface area contributed by atoms with Crippen molar-refractivity contribution >= 4 is 23.6 Å². The highest BCUT2D eigenvalue weighted by Gasteiger charge is 2.08. The van der Waals surface area contributed by atoms with Gasteiger partial charge in [-0.2, -0.15) is 0 Å². The minimum atomic E-state index is -1.18. The van der Waals surface area contributed by atoms with Crippen molar-refractivity contribution in [3.63, 3.8) is 0 Å². The Hall–Kier alpha value is -2.37. The zero-order chi connectivity index (χ0) is 12.1. The van der Waals surface area contributed by atoms with Crippen molar-refractivity contribution in [2.75, 3.05) is 5.73 Å². The second-order valence-corrected chi connectivity index (χ2v) is 3.08. The third-order valence-electron chi connectivity index (χ3n) is 1.77. The highest BCUT2D eigenvalue weighted by atomic mass is 16.4. The number of carbonyl (C=O) groups is 2. The molecule has 0 unspecified atom stereocenters. The van der Waals surface area contributed by atoms with Crippen LogP contribution in [0.1, 0.15) is 22.5 Å². The second kappa shape index (κ2) is 4.92. The van der Waals surface area contributed by atoms with Gasteiger partial charge in [-0.1, -0.05) is 12.2 Å². The van der Waals surface area contributed by atoms with Crippen LogP contribution in [0.5, 0.6) is 0 Å². The van der Waals surface area contributed by atoms with E-state index in [1.54, 1.807) is 12.2 Å². The standard InChI is InChI=1S/C10H11N3O3/c11-7-4-6(2-1-3-8(12)14)5-13-9(7)10(15)16/h1-2,4-5H,3,11H2,(H2,12,14)(H,15,16). The lowest BCUT2D eigenvalue weighted by molar-refractivity contribution is -0.117. The van der Waals surface area contributed by atoms with Gasteiger partial charge >= 0.3 is 5.97 Å². The molecule has 0 aliphatic rings. The molecule has 0 saturated carbocycles. The number of primary amides is 1. The van der Waals surface area contributed by atoms with E-state index < -0.39 is 11.9 Å². The Morgan fingerprint density at radius 3 is 2.69 bits per heavy atom. The molecule has 0 atom stereocenters. The molecule has 0 aromatic carbocycles. The number of carboxylic acid groups (broad SMARTS) is 1. The number of carboxylic acids is 1. The number of nitrogens with zero attached hydrogens (tertiary/aromatic N) is 1. The van der Waals surface area contributed by atoms with Gasteiger partial charge in [0.2, 0.25) is 5.91 Å². The van der Waals surface area contributed by atoms with Gasteiger partial charge in [-0.25, -0.2) is 9.78 Å². The summed E-state index contributed by atoms with van der Waals surface area (Å²) in [4.78, 5) is 24.8. The van der Waals surface area contributed by atoms with Crippen LogP contribution in [0.4, 0.5) is 5.69 Å². The molecule has 0 saturated heterocycles. The zero-order valence-electron chi connectivity index (χ0n) is 8.38. The predicted molar refractivity (Wildman–Crippen MR) is 58.5 cm³/mol. The van der Waals surface area contributed by atoms with Crippen molar-refractivity contribution in [3.05, 3.63) is 29.6 Å². The SMILES string of the molecule is NC(=O)CC=Cc1cnc(C(=O)O)c(N)c1. The number of pyridine rings is 1. The fourth-order valence-electron chi connectivity index (χ4n) is 1.08. The molecule has 1 heterocycles. The molecule has 84 valence electrons. The summed E-state index contributed by atoms with van der Waals surface area (Å²) in [7, 11) is 0. The van der Waals surface area contributed by atoms with Crippen molar-refractivity contribution in [2.24, 2.45) is 5.73 Å². The van der Waals surface area contributed by atoms with Crippen LogP contribution in [0, 0.1) is 0 Å². The Morgan fingerprint density at radius 2 is 2.19 bits per heavy atom. The van der Waals surface area contributed by atoms with Crippen molar-refractivity contribution in [1.82, 2.24) is 4.98 Å². The first-order valence-electron chi connectivity index (χ1n) is 4.44. The maximum atomic E-state index is 10.6. The quantitative estimate of drug-likeness (QED) is 0.673. The first kappa shape index (κ1) is 11.7. The molecule has 1 amide bonds. The summed E-state index contributed by atoms with van der Waals surface area (Å²) in [5.74, 6) is -1.62. The average Bonchev–Trinajstić information content (AvgIpc) is 2.16. The van der Waals surface area contributed by atoms with E-state index in [1.807, 2.05) is 0 Å². The number of hydrogen-bond donors (Lipinski definition) is 3. The smallest absolute Gasteiger partial charge is 0.356 e. The molecule has 6 nitrogen and oxygen atoms in total. The lowest BCUT2D eigenvalue weighted by Gasteiger charge is -2.00. The first-order chi connectivity index (χ1) is 7.50. The minimum absolute atomic E-state index is 0.0775. The summed E-state index contributed by atoms with van der Waals surface area (Å²) in [6.07, 6.45) is 4.62. The van der Waals surface area contributed by atoms with Crippen molar-refractivity contribution in [3.8, 4) is 0 Å². The predicted octanol–water partition coefficient (Wildman–Crippen LogP) is 0.251. The Kier molecular flexibility index (Phi) is 3.60. The topological polar surface area (TPSA) is 119 Å². The van der Waals surface area contributed by atoms with Gasteiger partial charge < -0.3 is 16.6 Å². The van der Waals surface area contributed by atoms with Gasteiger partial charge in [0.05, 0.1) is 5.69 Å². The van der Waals surface area contributed by atoms with Gasteiger partial charge in [-0.05, 0) is 11.6 Å². The summed E-state index contributed by atoms with van der Waals surface area (Å²) < 4.78 is 0. The van der Waals surface area contributed by atoms with Crippen LogP contribution in [-0.2, 0) is 4.79 Å². The normalized spacial score (nSPS) is 10.5. The van der Waals surface area contributed by atoms with Crippen LogP contribution < -0.4 is 11.5 Å². The van der Waals surface area contributed by atoms with E-state index in [0.717, 1.165) is 0 Å². The Bertz CT molecular complexity index is 455. The largest absolute Gasteiger partial charge is 0.476 e. The molecule has 0 fully saturated rings. The number of hydrogen-bond acceptors (Lipinski definition) is 4. The molecule has 0 bridgehead atoms. The van der Waals surface area contributed by atoms with Crippen LogP contribution in [0.25, 0.3) is 6.08 Å². The number of amides is 1. The lowest BCUT2D eigenvalue weighted by Crippen LogP contribution is -2.08. The molecule has 5 N–H and O–H groups in total. The molecule has 1 aromatic heterocycles. The molecule has 0 aliphatic carbocycles. The van der Waals surface area contributed by atoms with Crippen molar-refractivity contribution in [2.45, 2.75) is 6.42 Å². The first-order valence-corrected chi connectivity index (χ1v) is 4.44. The van der Waals surface area contributed by atoms with Crippen LogP contribution in [0.15, 0.2) is 18.3 Å². The fraction of sp³-hybridized carbons (Fsp3) is 0.100. The van der Waals surface area contributed by atoms with Crippen LogP contribution in [-0.4, -0.2) is 22.0 Å². The molecular formula is C10H11N3O3. The van der Waals surface area contributed by atoms with E-state index in [0.29, 0.717) is 5.56 Å². The van der Waals surface area contributed by atoms with E-state index >= 15 is 0 Å². The van der Waals surface area contributed by atoms with Gasteiger partial charge in [0.15, 0.2) is 5.69 Å². The second-order valence-electron chi connectivity index (χ2n) is 3.08. The molecule has 1 rings (SSSR count). The third kappa shape index (κ3) is 3.09. The summed E-state index contributed by atoms with van der Waals surface area (Å²) in [6, 6.07) is 1.47. The molecule has 0 spiro atoms. The third-order valence-corrected chi connectivity index (χ3v) is 1.77. The van der Waals surface area contributed by atoms with Crippen molar-refractivity contribution < 1.29 is 14.7 Å². The molecule has 16 heavy (non-hydrogen) atoms. The van der Waals surface area contributed by atoms with Crippen LogP contribution >= 0.6 is 0 Å². The summed E-state index contributed by atoms with van der Waals surface area (Å²) in [5.41, 5.74) is 10.9. The van der Waals surface area contributed by atoms with E-state index in [9.17, 15) is 9.59 Å². The van der Waals surface area contributed by atoms with Crippen LogP contribution in [0.2, 0.25) is 0 Å². The maximum Gasteiger partial charge on any atom is 0.356 e. The molecule has 0 aliphatic heterocycles. The van der Waals surface area contributed by atoms with E-state index in [4.69, 9.17) is 16.6 Å². The monoisotopic (exact) mass is 221 g/mol.